The van der Waals surface area contributed by atoms with Gasteiger partial charge in [-0.2, -0.15) is 0 Å². The first kappa shape index (κ1) is 14.7. The fourth-order valence-corrected chi connectivity index (χ4v) is 2.25. The Bertz CT molecular complexity index is 263. The van der Waals surface area contributed by atoms with E-state index in [0.717, 1.165) is 25.9 Å². The normalized spacial score (nSPS) is 25.2. The van der Waals surface area contributed by atoms with E-state index in [2.05, 4.69) is 10.6 Å². The summed E-state index contributed by atoms with van der Waals surface area (Å²) in [4.78, 5) is 11.6. The lowest BCUT2D eigenvalue weighted by Gasteiger charge is -2.24. The first-order chi connectivity index (χ1) is 9.34. The van der Waals surface area contributed by atoms with E-state index in [0.29, 0.717) is 45.5 Å². The van der Waals surface area contributed by atoms with Crippen LogP contribution in [0.3, 0.4) is 0 Å². The van der Waals surface area contributed by atoms with Crippen molar-refractivity contribution >= 4 is 5.91 Å². The van der Waals surface area contributed by atoms with Crippen molar-refractivity contribution in [2.75, 3.05) is 46.1 Å². The van der Waals surface area contributed by atoms with Crippen molar-refractivity contribution in [3.63, 3.8) is 0 Å². The van der Waals surface area contributed by atoms with Crippen LogP contribution in [-0.2, 0) is 19.0 Å². The van der Waals surface area contributed by atoms with Gasteiger partial charge in [-0.15, -0.1) is 0 Å². The first-order valence-electron chi connectivity index (χ1n) is 7.13. The molecule has 0 aromatic heterocycles. The highest BCUT2D eigenvalue weighted by Gasteiger charge is 2.16. The number of carbonyl (C=O) groups excluding carboxylic acids is 1. The molecular formula is C13H24N2O4. The van der Waals surface area contributed by atoms with Crippen LogP contribution in [0.25, 0.3) is 0 Å². The summed E-state index contributed by atoms with van der Waals surface area (Å²) in [6, 6.07) is 0. The summed E-state index contributed by atoms with van der Waals surface area (Å²) in [5.74, 6) is 0.0168. The summed E-state index contributed by atoms with van der Waals surface area (Å²) in [6.07, 6.45) is 2.79. The predicted molar refractivity (Wildman–Crippen MR) is 70.0 cm³/mol. The van der Waals surface area contributed by atoms with E-state index in [9.17, 15) is 4.79 Å². The van der Waals surface area contributed by atoms with Crippen LogP contribution < -0.4 is 10.6 Å². The van der Waals surface area contributed by atoms with E-state index < -0.39 is 0 Å². The van der Waals surface area contributed by atoms with Gasteiger partial charge in [-0.05, 0) is 25.9 Å². The largest absolute Gasteiger partial charge is 0.378 e. The Balaban J connectivity index is 1.49. The van der Waals surface area contributed by atoms with Crippen molar-refractivity contribution in [1.82, 2.24) is 10.6 Å². The molecule has 6 heteroatoms. The van der Waals surface area contributed by atoms with E-state index >= 15 is 0 Å². The van der Waals surface area contributed by atoms with Gasteiger partial charge in [-0.3, -0.25) is 4.79 Å². The second kappa shape index (κ2) is 8.47. The average Bonchev–Trinajstić information content (AvgIpc) is 2.47. The molecule has 0 radical (unpaired) electrons. The highest BCUT2D eigenvalue weighted by Crippen LogP contribution is 2.07. The number of nitrogens with one attached hydrogen (secondary N) is 2. The molecule has 6 nitrogen and oxygen atoms in total. The minimum absolute atomic E-state index is 0.0111. The van der Waals surface area contributed by atoms with Gasteiger partial charge in [0.1, 0.15) is 0 Å². The monoisotopic (exact) mass is 272 g/mol. The molecule has 2 aliphatic heterocycles. The van der Waals surface area contributed by atoms with Gasteiger partial charge in [0, 0.05) is 13.0 Å². The van der Waals surface area contributed by atoms with Crippen molar-refractivity contribution in [3.05, 3.63) is 0 Å². The fraction of sp³-hybridized carbons (Fsp3) is 0.923. The van der Waals surface area contributed by atoms with Gasteiger partial charge < -0.3 is 24.8 Å². The van der Waals surface area contributed by atoms with Gasteiger partial charge in [-0.1, -0.05) is 0 Å². The Hall–Kier alpha value is -0.690. The SMILES string of the molecule is O=C(CCOC1CCNCC1)NCC1COCCO1. The molecule has 110 valence electrons. The van der Waals surface area contributed by atoms with Crippen molar-refractivity contribution < 1.29 is 19.0 Å². The Morgan fingerprint density at radius 1 is 1.32 bits per heavy atom. The van der Waals surface area contributed by atoms with Crippen LogP contribution in [0.5, 0.6) is 0 Å². The van der Waals surface area contributed by atoms with Gasteiger partial charge in [0.2, 0.25) is 5.91 Å². The van der Waals surface area contributed by atoms with Crippen molar-refractivity contribution in [2.45, 2.75) is 31.5 Å². The number of hydrogen-bond acceptors (Lipinski definition) is 5. The maximum Gasteiger partial charge on any atom is 0.222 e. The van der Waals surface area contributed by atoms with Crippen molar-refractivity contribution in [2.24, 2.45) is 0 Å². The molecule has 2 rings (SSSR count). The second-order valence-electron chi connectivity index (χ2n) is 4.94. The molecule has 1 unspecified atom stereocenters. The molecule has 0 aromatic carbocycles. The highest BCUT2D eigenvalue weighted by molar-refractivity contribution is 5.75. The third-order valence-electron chi connectivity index (χ3n) is 3.38. The molecule has 19 heavy (non-hydrogen) atoms. The highest BCUT2D eigenvalue weighted by atomic mass is 16.6. The topological polar surface area (TPSA) is 68.8 Å². The number of hydrogen-bond donors (Lipinski definition) is 2. The zero-order valence-electron chi connectivity index (χ0n) is 11.4. The molecule has 1 atom stereocenters. The predicted octanol–water partition coefficient (Wildman–Crippen LogP) is -0.323. The van der Waals surface area contributed by atoms with Gasteiger partial charge in [0.15, 0.2) is 0 Å². The molecule has 1 amide bonds. The van der Waals surface area contributed by atoms with Crippen LogP contribution in [0.2, 0.25) is 0 Å². The van der Waals surface area contributed by atoms with Crippen LogP contribution in [0, 0.1) is 0 Å². The molecule has 2 N–H and O–H groups in total. The number of amides is 1. The summed E-state index contributed by atoms with van der Waals surface area (Å²) in [7, 11) is 0. The van der Waals surface area contributed by atoms with Crippen molar-refractivity contribution in [1.29, 1.82) is 0 Å². The van der Waals surface area contributed by atoms with E-state index in [1.54, 1.807) is 0 Å². The van der Waals surface area contributed by atoms with Crippen LogP contribution in [0.1, 0.15) is 19.3 Å². The standard InChI is InChI=1S/C13H24N2O4/c16-13(15-9-12-10-17-7-8-19-12)3-6-18-11-1-4-14-5-2-11/h11-12,14H,1-10H2,(H,15,16). The van der Waals surface area contributed by atoms with E-state index in [1.165, 1.54) is 0 Å². The van der Waals surface area contributed by atoms with Gasteiger partial charge in [-0.25, -0.2) is 0 Å². The molecular weight excluding hydrogens is 248 g/mol. The van der Waals surface area contributed by atoms with Crippen LogP contribution in [0.15, 0.2) is 0 Å². The fourth-order valence-electron chi connectivity index (χ4n) is 2.25. The smallest absolute Gasteiger partial charge is 0.222 e. The lowest BCUT2D eigenvalue weighted by Crippen LogP contribution is -2.40. The Kier molecular flexibility index (Phi) is 6.56. The van der Waals surface area contributed by atoms with E-state index in [4.69, 9.17) is 14.2 Å². The van der Waals surface area contributed by atoms with Crippen molar-refractivity contribution in [3.8, 4) is 0 Å². The minimum atomic E-state index is -0.0111. The maximum absolute atomic E-state index is 11.6. The lowest BCUT2D eigenvalue weighted by atomic mass is 10.1. The number of carbonyl (C=O) groups is 1. The number of ether oxygens (including phenoxy) is 3. The lowest BCUT2D eigenvalue weighted by molar-refractivity contribution is -0.125. The minimum Gasteiger partial charge on any atom is -0.378 e. The summed E-state index contributed by atoms with van der Waals surface area (Å²) >= 11 is 0. The molecule has 2 heterocycles. The van der Waals surface area contributed by atoms with Gasteiger partial charge in [0.25, 0.3) is 0 Å². The summed E-state index contributed by atoms with van der Waals surface area (Å²) in [6.45, 7) is 4.86. The first-order valence-corrected chi connectivity index (χ1v) is 7.13. The third kappa shape index (κ3) is 5.86. The Morgan fingerprint density at radius 2 is 2.16 bits per heavy atom. The van der Waals surface area contributed by atoms with Crippen LogP contribution in [0.4, 0.5) is 0 Å². The molecule has 0 aliphatic carbocycles. The molecule has 0 aromatic rings. The maximum atomic E-state index is 11.6. The number of rotatable bonds is 6. The summed E-state index contributed by atoms with van der Waals surface area (Å²) < 4.78 is 16.4. The average molecular weight is 272 g/mol. The molecule has 2 saturated heterocycles. The molecule has 2 aliphatic rings. The summed E-state index contributed by atoms with van der Waals surface area (Å²) in [5, 5.41) is 6.14. The Labute approximate surface area is 114 Å². The molecule has 0 spiro atoms. The van der Waals surface area contributed by atoms with Crippen LogP contribution >= 0.6 is 0 Å². The Morgan fingerprint density at radius 3 is 2.89 bits per heavy atom. The summed E-state index contributed by atoms with van der Waals surface area (Å²) in [5.41, 5.74) is 0. The van der Waals surface area contributed by atoms with E-state index in [1.807, 2.05) is 0 Å². The number of piperidine rings is 1. The quantitative estimate of drug-likeness (QED) is 0.693. The van der Waals surface area contributed by atoms with Gasteiger partial charge >= 0.3 is 0 Å². The second-order valence-corrected chi connectivity index (χ2v) is 4.94. The molecule has 0 bridgehead atoms. The zero-order chi connectivity index (χ0) is 13.3. The van der Waals surface area contributed by atoms with E-state index in [-0.39, 0.29) is 12.0 Å². The van der Waals surface area contributed by atoms with Gasteiger partial charge in [0.05, 0.1) is 38.6 Å². The third-order valence-corrected chi connectivity index (χ3v) is 3.38. The van der Waals surface area contributed by atoms with Crippen LogP contribution in [-0.4, -0.2) is 64.2 Å². The molecule has 0 saturated carbocycles. The molecule has 2 fully saturated rings. The zero-order valence-corrected chi connectivity index (χ0v) is 11.4.